The van der Waals surface area contributed by atoms with E-state index in [1.165, 1.54) is 11.3 Å². The minimum Gasteiger partial charge on any atom is -0.468 e. The average molecular weight is 407 g/mol. The lowest BCUT2D eigenvalue weighted by molar-refractivity contribution is -0.117. The van der Waals surface area contributed by atoms with Crippen LogP contribution in [0.4, 0.5) is 5.00 Å². The lowest BCUT2D eigenvalue weighted by Crippen LogP contribution is -2.35. The van der Waals surface area contributed by atoms with E-state index in [1.807, 2.05) is 22.4 Å². The first-order valence-electron chi connectivity index (χ1n) is 9.44. The van der Waals surface area contributed by atoms with Crippen molar-refractivity contribution in [3.63, 3.8) is 0 Å². The van der Waals surface area contributed by atoms with Crippen LogP contribution in [0.25, 0.3) is 0 Å². The first-order valence-corrected chi connectivity index (χ1v) is 10.3. The Bertz CT molecular complexity index is 783. The molecule has 0 aliphatic heterocycles. The van der Waals surface area contributed by atoms with Crippen molar-refractivity contribution < 1.29 is 23.5 Å². The van der Waals surface area contributed by atoms with Gasteiger partial charge in [-0.15, -0.1) is 11.3 Å². The molecule has 0 radical (unpaired) electrons. The van der Waals surface area contributed by atoms with E-state index < -0.39 is 0 Å². The number of hydrogen-bond donors (Lipinski definition) is 1. The van der Waals surface area contributed by atoms with Gasteiger partial charge >= 0.3 is 5.97 Å². The van der Waals surface area contributed by atoms with Crippen molar-refractivity contribution in [3.05, 3.63) is 40.7 Å². The Morgan fingerprint density at radius 1 is 1.39 bits per heavy atom. The Kier molecular flexibility index (Phi) is 7.24. The first kappa shape index (κ1) is 20.6. The van der Waals surface area contributed by atoms with Crippen LogP contribution in [-0.4, -0.2) is 50.2 Å². The van der Waals surface area contributed by atoms with Gasteiger partial charge in [-0.2, -0.15) is 0 Å². The molecule has 0 aromatic carbocycles. The summed E-state index contributed by atoms with van der Waals surface area (Å²) < 4.78 is 15.7. The van der Waals surface area contributed by atoms with Gasteiger partial charge in [-0.1, -0.05) is 0 Å². The van der Waals surface area contributed by atoms with Crippen molar-refractivity contribution in [1.29, 1.82) is 0 Å². The van der Waals surface area contributed by atoms with Gasteiger partial charge in [0.25, 0.3) is 0 Å². The minimum atomic E-state index is -0.368. The Morgan fingerprint density at radius 3 is 2.86 bits per heavy atom. The molecule has 2 heterocycles. The summed E-state index contributed by atoms with van der Waals surface area (Å²) in [5.41, 5.74) is 1.50. The molecule has 0 saturated heterocycles. The summed E-state index contributed by atoms with van der Waals surface area (Å²) in [5.74, 6) is 0.631. The predicted molar refractivity (Wildman–Crippen MR) is 107 cm³/mol. The average Bonchev–Trinajstić information content (AvgIpc) is 3.22. The van der Waals surface area contributed by atoms with Crippen LogP contribution in [0.15, 0.2) is 28.2 Å². The maximum atomic E-state index is 12.7. The summed E-state index contributed by atoms with van der Waals surface area (Å²) in [7, 11) is 1.63. The summed E-state index contributed by atoms with van der Waals surface area (Å²) in [4.78, 5) is 27.0. The SMILES string of the molecule is CCOC(=O)c1c(C2CC2)csc1NC(=O)CN(CCOC)Cc1ccco1. The van der Waals surface area contributed by atoms with E-state index in [-0.39, 0.29) is 18.4 Å². The molecule has 8 heteroatoms. The normalized spacial score (nSPS) is 13.7. The van der Waals surface area contributed by atoms with Crippen molar-refractivity contribution in [2.24, 2.45) is 0 Å². The molecule has 1 fully saturated rings. The highest BCUT2D eigenvalue weighted by Crippen LogP contribution is 2.46. The van der Waals surface area contributed by atoms with Crippen LogP contribution in [0.5, 0.6) is 0 Å². The standard InChI is InChI=1S/C20H26N2O5S/c1-3-26-20(24)18-16(14-6-7-14)13-28-19(18)21-17(23)12-22(8-10-25-2)11-15-5-4-9-27-15/h4-5,9,13-14H,3,6-8,10-12H2,1-2H3,(H,21,23). The number of amides is 1. The molecule has 152 valence electrons. The van der Waals surface area contributed by atoms with Gasteiger partial charge in [-0.3, -0.25) is 9.69 Å². The fourth-order valence-electron chi connectivity index (χ4n) is 3.00. The van der Waals surface area contributed by atoms with Crippen LogP contribution in [-0.2, 0) is 20.8 Å². The molecule has 2 aromatic heterocycles. The molecule has 0 bridgehead atoms. The van der Waals surface area contributed by atoms with Gasteiger partial charge in [-0.05, 0) is 48.8 Å². The highest BCUT2D eigenvalue weighted by atomic mass is 32.1. The predicted octanol–water partition coefficient (Wildman–Crippen LogP) is 3.48. The lowest BCUT2D eigenvalue weighted by atomic mass is 10.1. The molecule has 1 N–H and O–H groups in total. The zero-order valence-corrected chi connectivity index (χ0v) is 17.0. The van der Waals surface area contributed by atoms with Crippen LogP contribution in [0, 0.1) is 0 Å². The Balaban J connectivity index is 1.67. The topological polar surface area (TPSA) is 81.0 Å². The van der Waals surface area contributed by atoms with Gasteiger partial charge in [0.2, 0.25) is 5.91 Å². The zero-order valence-electron chi connectivity index (χ0n) is 16.2. The van der Waals surface area contributed by atoms with Crippen molar-refractivity contribution in [1.82, 2.24) is 4.90 Å². The van der Waals surface area contributed by atoms with Crippen LogP contribution in [0.2, 0.25) is 0 Å². The van der Waals surface area contributed by atoms with Gasteiger partial charge in [-0.25, -0.2) is 4.79 Å². The van der Waals surface area contributed by atoms with Gasteiger partial charge in [0, 0.05) is 13.7 Å². The smallest absolute Gasteiger partial charge is 0.341 e. The minimum absolute atomic E-state index is 0.170. The second kappa shape index (κ2) is 9.86. The fraction of sp³-hybridized carbons (Fsp3) is 0.500. The molecule has 7 nitrogen and oxygen atoms in total. The number of carbonyl (C=O) groups excluding carboxylic acids is 2. The summed E-state index contributed by atoms with van der Waals surface area (Å²) in [5, 5.41) is 5.43. The number of furan rings is 1. The molecular formula is C20H26N2O5S. The third kappa shape index (κ3) is 5.43. The third-order valence-electron chi connectivity index (χ3n) is 4.51. The van der Waals surface area contributed by atoms with Crippen molar-refractivity contribution in [2.45, 2.75) is 32.2 Å². The molecule has 0 unspecified atom stereocenters. The van der Waals surface area contributed by atoms with E-state index in [4.69, 9.17) is 13.9 Å². The van der Waals surface area contributed by atoms with Crippen LogP contribution in [0.3, 0.4) is 0 Å². The summed E-state index contributed by atoms with van der Waals surface area (Å²) in [6, 6.07) is 3.69. The highest BCUT2D eigenvalue weighted by molar-refractivity contribution is 7.15. The third-order valence-corrected chi connectivity index (χ3v) is 5.42. The number of rotatable bonds is 11. The summed E-state index contributed by atoms with van der Waals surface area (Å²) in [6.07, 6.45) is 3.76. The monoisotopic (exact) mass is 406 g/mol. The Labute approximate surface area is 168 Å². The maximum Gasteiger partial charge on any atom is 0.341 e. The second-order valence-corrected chi connectivity index (χ2v) is 7.60. The number of methoxy groups -OCH3 is 1. The lowest BCUT2D eigenvalue weighted by Gasteiger charge is -2.20. The molecule has 1 saturated carbocycles. The Morgan fingerprint density at radius 2 is 2.21 bits per heavy atom. The number of nitrogens with zero attached hydrogens (tertiary/aromatic N) is 1. The number of anilines is 1. The molecule has 0 atom stereocenters. The van der Waals surface area contributed by atoms with E-state index in [9.17, 15) is 9.59 Å². The van der Waals surface area contributed by atoms with Gasteiger partial charge in [0.1, 0.15) is 10.8 Å². The van der Waals surface area contributed by atoms with Crippen LogP contribution >= 0.6 is 11.3 Å². The number of esters is 1. The van der Waals surface area contributed by atoms with Crippen molar-refractivity contribution >= 4 is 28.2 Å². The fourth-order valence-corrected chi connectivity index (χ4v) is 4.05. The molecule has 1 amide bonds. The summed E-state index contributed by atoms with van der Waals surface area (Å²) in [6.45, 7) is 3.86. The summed E-state index contributed by atoms with van der Waals surface area (Å²) >= 11 is 1.38. The van der Waals surface area contributed by atoms with E-state index in [1.54, 1.807) is 20.3 Å². The quantitative estimate of drug-likeness (QED) is 0.576. The molecule has 1 aliphatic carbocycles. The molecule has 1 aliphatic rings. The van der Waals surface area contributed by atoms with E-state index in [0.717, 1.165) is 24.2 Å². The van der Waals surface area contributed by atoms with Crippen molar-refractivity contribution in [2.75, 3.05) is 38.7 Å². The second-order valence-electron chi connectivity index (χ2n) is 6.72. The van der Waals surface area contributed by atoms with Gasteiger partial charge in [0.15, 0.2) is 0 Å². The molecular weight excluding hydrogens is 380 g/mol. The van der Waals surface area contributed by atoms with Gasteiger partial charge < -0.3 is 19.2 Å². The largest absolute Gasteiger partial charge is 0.468 e. The number of hydrogen-bond acceptors (Lipinski definition) is 7. The van der Waals surface area contributed by atoms with E-state index in [2.05, 4.69) is 5.32 Å². The molecule has 28 heavy (non-hydrogen) atoms. The zero-order chi connectivity index (χ0) is 19.9. The van der Waals surface area contributed by atoms with Crippen molar-refractivity contribution in [3.8, 4) is 0 Å². The molecule has 0 spiro atoms. The number of ether oxygens (including phenoxy) is 2. The molecule has 2 aromatic rings. The maximum absolute atomic E-state index is 12.7. The number of thiophene rings is 1. The Hall–Kier alpha value is -2.16. The number of nitrogens with one attached hydrogen (secondary N) is 1. The van der Waals surface area contributed by atoms with Crippen LogP contribution in [0.1, 0.15) is 47.4 Å². The highest BCUT2D eigenvalue weighted by Gasteiger charge is 2.32. The first-order chi connectivity index (χ1) is 13.6. The number of carbonyl (C=O) groups is 2. The van der Waals surface area contributed by atoms with E-state index >= 15 is 0 Å². The van der Waals surface area contributed by atoms with Crippen LogP contribution < -0.4 is 5.32 Å². The van der Waals surface area contributed by atoms with Gasteiger partial charge in [0.05, 0.1) is 38.1 Å². The van der Waals surface area contributed by atoms with E-state index in [0.29, 0.717) is 42.8 Å². The molecule has 3 rings (SSSR count).